The van der Waals surface area contributed by atoms with E-state index < -0.39 is 12.1 Å². The number of hydrogen-bond acceptors (Lipinski definition) is 3. The maximum Gasteiger partial charge on any atom is 0.303 e. The van der Waals surface area contributed by atoms with Gasteiger partial charge in [0.1, 0.15) is 5.78 Å². The summed E-state index contributed by atoms with van der Waals surface area (Å²) in [5.74, 6) is -0.278. The van der Waals surface area contributed by atoms with Gasteiger partial charge in [0, 0.05) is 18.8 Å². The van der Waals surface area contributed by atoms with Crippen molar-refractivity contribution in [2.24, 2.45) is 17.3 Å². The lowest BCUT2D eigenvalue weighted by Crippen LogP contribution is -2.27. The molecular weight excluding hydrogens is 328 g/mol. The van der Waals surface area contributed by atoms with E-state index in [1.807, 2.05) is 24.3 Å². The molecule has 1 unspecified atom stereocenters. The van der Waals surface area contributed by atoms with Crippen LogP contribution in [-0.2, 0) is 9.59 Å². The van der Waals surface area contributed by atoms with Crippen LogP contribution < -0.4 is 0 Å². The molecule has 1 rings (SSSR count). The standard InChI is InChI=1S/C22H36O4/c1-4-5-16-22(2,3)20(24)15-13-17-12-14-19(23)18(17)10-8-6-7-9-11-21(25)26/h6,8,13,15,17-18,20,24H,4-5,7,9-12,14,16H2,1-3H3,(H,25,26)/t17-,18-,20?/m0/s1. The van der Waals surface area contributed by atoms with Crippen molar-refractivity contribution in [3.63, 3.8) is 0 Å². The zero-order valence-electron chi connectivity index (χ0n) is 16.6. The van der Waals surface area contributed by atoms with Gasteiger partial charge in [0.05, 0.1) is 6.10 Å². The van der Waals surface area contributed by atoms with Gasteiger partial charge in [-0.25, -0.2) is 0 Å². The number of rotatable bonds is 12. The summed E-state index contributed by atoms with van der Waals surface area (Å²) < 4.78 is 0. The number of aliphatic hydroxyl groups is 1. The maximum absolute atomic E-state index is 12.2. The topological polar surface area (TPSA) is 74.6 Å². The van der Waals surface area contributed by atoms with Crippen molar-refractivity contribution in [1.82, 2.24) is 0 Å². The molecule has 0 saturated heterocycles. The van der Waals surface area contributed by atoms with Crippen molar-refractivity contribution >= 4 is 11.8 Å². The Morgan fingerprint density at radius 1 is 1.31 bits per heavy atom. The fourth-order valence-corrected chi connectivity index (χ4v) is 3.49. The predicted octanol–water partition coefficient (Wildman–Crippen LogP) is 4.92. The molecule has 4 nitrogen and oxygen atoms in total. The third kappa shape index (κ3) is 7.86. The summed E-state index contributed by atoms with van der Waals surface area (Å²) in [6.45, 7) is 6.34. The number of carboxylic acids is 1. The van der Waals surface area contributed by atoms with Crippen molar-refractivity contribution in [1.29, 1.82) is 0 Å². The molecule has 0 aromatic heterocycles. The van der Waals surface area contributed by atoms with Gasteiger partial charge in [-0.05, 0) is 43.4 Å². The fraction of sp³-hybridized carbons (Fsp3) is 0.727. The summed E-state index contributed by atoms with van der Waals surface area (Å²) in [6.07, 6.45) is 14.4. The smallest absolute Gasteiger partial charge is 0.303 e. The van der Waals surface area contributed by atoms with Crippen LogP contribution in [0.2, 0.25) is 0 Å². The van der Waals surface area contributed by atoms with Crippen molar-refractivity contribution < 1.29 is 19.8 Å². The highest BCUT2D eigenvalue weighted by Crippen LogP contribution is 2.34. The van der Waals surface area contributed by atoms with Gasteiger partial charge in [-0.2, -0.15) is 0 Å². The third-order valence-corrected chi connectivity index (χ3v) is 5.49. The van der Waals surface area contributed by atoms with Gasteiger partial charge in [0.15, 0.2) is 0 Å². The molecule has 0 spiro atoms. The van der Waals surface area contributed by atoms with E-state index in [1.54, 1.807) is 0 Å². The summed E-state index contributed by atoms with van der Waals surface area (Å²) in [5, 5.41) is 19.1. The van der Waals surface area contributed by atoms with Gasteiger partial charge in [-0.1, -0.05) is 57.9 Å². The van der Waals surface area contributed by atoms with Gasteiger partial charge in [0.2, 0.25) is 0 Å². The molecule has 1 aliphatic rings. The Bertz CT molecular complexity index is 504. The molecule has 2 N–H and O–H groups in total. The lowest BCUT2D eigenvalue weighted by Gasteiger charge is -2.29. The van der Waals surface area contributed by atoms with Crippen LogP contribution in [0.3, 0.4) is 0 Å². The molecule has 1 fully saturated rings. The monoisotopic (exact) mass is 364 g/mol. The SMILES string of the molecule is CCCCC(C)(C)C(O)C=C[C@@H]1CCC(=O)[C@H]1CC=CCCCC(=O)O. The Morgan fingerprint density at radius 3 is 2.69 bits per heavy atom. The van der Waals surface area contributed by atoms with Gasteiger partial charge in [-0.3, -0.25) is 9.59 Å². The normalized spacial score (nSPS) is 22.5. The second-order valence-electron chi connectivity index (χ2n) is 8.19. The first-order chi connectivity index (χ1) is 12.3. The summed E-state index contributed by atoms with van der Waals surface area (Å²) in [6, 6.07) is 0. The van der Waals surface area contributed by atoms with Crippen molar-refractivity contribution in [2.45, 2.75) is 84.7 Å². The molecule has 0 aliphatic heterocycles. The summed E-state index contributed by atoms with van der Waals surface area (Å²) in [7, 11) is 0. The predicted molar refractivity (Wildman–Crippen MR) is 105 cm³/mol. The minimum Gasteiger partial charge on any atom is -0.481 e. The highest BCUT2D eigenvalue weighted by molar-refractivity contribution is 5.83. The highest BCUT2D eigenvalue weighted by atomic mass is 16.4. The van der Waals surface area contributed by atoms with Crippen molar-refractivity contribution in [3.8, 4) is 0 Å². The molecule has 3 atom stereocenters. The van der Waals surface area contributed by atoms with E-state index in [0.29, 0.717) is 25.0 Å². The van der Waals surface area contributed by atoms with Crippen LogP contribution >= 0.6 is 0 Å². The van der Waals surface area contributed by atoms with Crippen LogP contribution in [0, 0.1) is 17.3 Å². The Balaban J connectivity index is 2.52. The average molecular weight is 365 g/mol. The van der Waals surface area contributed by atoms with Gasteiger partial charge in [-0.15, -0.1) is 0 Å². The van der Waals surface area contributed by atoms with Crippen molar-refractivity contribution in [3.05, 3.63) is 24.3 Å². The van der Waals surface area contributed by atoms with E-state index in [9.17, 15) is 14.7 Å². The number of carbonyl (C=O) groups excluding carboxylic acids is 1. The number of allylic oxidation sites excluding steroid dienone is 3. The lowest BCUT2D eigenvalue weighted by molar-refractivity contribution is -0.137. The van der Waals surface area contributed by atoms with Crippen LogP contribution in [0.1, 0.15) is 78.6 Å². The zero-order valence-corrected chi connectivity index (χ0v) is 16.6. The van der Waals surface area contributed by atoms with Crippen LogP contribution in [0.15, 0.2) is 24.3 Å². The number of aliphatic hydroxyl groups excluding tert-OH is 1. The van der Waals surface area contributed by atoms with E-state index in [1.165, 1.54) is 0 Å². The average Bonchev–Trinajstić information content (AvgIpc) is 2.93. The maximum atomic E-state index is 12.2. The van der Waals surface area contributed by atoms with E-state index in [0.717, 1.165) is 32.1 Å². The minimum absolute atomic E-state index is 0.00655. The van der Waals surface area contributed by atoms with Crippen LogP contribution in [-0.4, -0.2) is 28.1 Å². The minimum atomic E-state index is -0.769. The molecule has 0 amide bonds. The summed E-state index contributed by atoms with van der Waals surface area (Å²) in [5.41, 5.74) is -0.144. The lowest BCUT2D eigenvalue weighted by atomic mass is 9.80. The number of carbonyl (C=O) groups is 2. The molecule has 0 aromatic rings. The summed E-state index contributed by atoms with van der Waals surface area (Å²) >= 11 is 0. The Hall–Kier alpha value is -1.42. The Morgan fingerprint density at radius 2 is 2.04 bits per heavy atom. The molecule has 148 valence electrons. The molecule has 0 aromatic carbocycles. The number of unbranched alkanes of at least 4 members (excludes halogenated alkanes) is 2. The van der Waals surface area contributed by atoms with Gasteiger partial charge < -0.3 is 10.2 Å². The first kappa shape index (κ1) is 22.6. The summed E-state index contributed by atoms with van der Waals surface area (Å²) in [4.78, 5) is 22.7. The highest BCUT2D eigenvalue weighted by Gasteiger charge is 2.32. The fourth-order valence-electron chi connectivity index (χ4n) is 3.49. The van der Waals surface area contributed by atoms with Crippen molar-refractivity contribution in [2.75, 3.05) is 0 Å². The molecular formula is C22H36O4. The number of hydrogen-bond donors (Lipinski definition) is 2. The van der Waals surface area contributed by atoms with E-state index in [-0.39, 0.29) is 23.7 Å². The number of Topliss-reactive ketones (excluding diaryl/α,β-unsaturated/α-hetero) is 1. The molecule has 0 bridgehead atoms. The Kier molecular flexibility index (Phi) is 9.85. The van der Waals surface area contributed by atoms with Gasteiger partial charge in [0.25, 0.3) is 0 Å². The second kappa shape index (κ2) is 11.3. The first-order valence-electron chi connectivity index (χ1n) is 10.0. The third-order valence-electron chi connectivity index (χ3n) is 5.49. The van der Waals surface area contributed by atoms with E-state index >= 15 is 0 Å². The van der Waals surface area contributed by atoms with Crippen LogP contribution in [0.25, 0.3) is 0 Å². The quantitative estimate of drug-likeness (QED) is 0.381. The number of carboxylic acid groups (broad SMARTS) is 1. The van der Waals surface area contributed by atoms with E-state index in [2.05, 4.69) is 20.8 Å². The number of aliphatic carboxylic acids is 1. The molecule has 0 radical (unpaired) electrons. The van der Waals surface area contributed by atoms with Crippen LogP contribution in [0.4, 0.5) is 0 Å². The van der Waals surface area contributed by atoms with Gasteiger partial charge >= 0.3 is 5.97 Å². The first-order valence-corrected chi connectivity index (χ1v) is 10.0. The molecule has 4 heteroatoms. The molecule has 26 heavy (non-hydrogen) atoms. The van der Waals surface area contributed by atoms with Crippen LogP contribution in [0.5, 0.6) is 0 Å². The molecule has 1 aliphatic carbocycles. The largest absolute Gasteiger partial charge is 0.481 e. The Labute approximate surface area is 158 Å². The molecule has 1 saturated carbocycles. The second-order valence-corrected chi connectivity index (χ2v) is 8.19. The molecule has 0 heterocycles. The number of ketones is 1. The van der Waals surface area contributed by atoms with E-state index in [4.69, 9.17) is 5.11 Å². The zero-order chi connectivity index (χ0) is 19.6.